The molecule has 0 aliphatic carbocycles. The van der Waals surface area contributed by atoms with Gasteiger partial charge in [0.15, 0.2) is 9.84 Å². The molecular formula is C24H28N2O7S2. The van der Waals surface area contributed by atoms with Crippen LogP contribution in [0.5, 0.6) is 5.75 Å². The first-order valence-corrected chi connectivity index (χ1v) is 14.5. The molecule has 4 rings (SSSR count). The van der Waals surface area contributed by atoms with Crippen LogP contribution >= 0.6 is 0 Å². The second kappa shape index (κ2) is 9.29. The topological polar surface area (TPSA) is 123 Å². The summed E-state index contributed by atoms with van der Waals surface area (Å²) >= 11 is 0. The Morgan fingerprint density at radius 1 is 1.09 bits per heavy atom. The molecule has 1 N–H and O–H groups in total. The molecule has 35 heavy (non-hydrogen) atoms. The average molecular weight is 521 g/mol. The Labute approximate surface area is 204 Å². The minimum absolute atomic E-state index is 0.0198. The minimum Gasteiger partial charge on any atom is -0.491 e. The maximum absolute atomic E-state index is 13.2. The van der Waals surface area contributed by atoms with Crippen molar-refractivity contribution >= 4 is 36.7 Å². The van der Waals surface area contributed by atoms with E-state index in [1.54, 1.807) is 24.4 Å². The van der Waals surface area contributed by atoms with Crippen molar-refractivity contribution < 1.29 is 31.5 Å². The number of hydrogen-bond donors (Lipinski definition) is 1. The van der Waals surface area contributed by atoms with Crippen LogP contribution in [0.15, 0.2) is 58.5 Å². The van der Waals surface area contributed by atoms with Crippen LogP contribution in [-0.2, 0) is 31.2 Å². The number of carbonyl (C=O) groups is 1. The zero-order valence-electron chi connectivity index (χ0n) is 19.7. The SMILES string of the molecule is CC(C)Oc1ccc(S(=O)(=O)N2CCC(c3cn(CC(=O)O)c4cc(S(C)(=O)=O)ccc34)C2)cc1. The van der Waals surface area contributed by atoms with Crippen LogP contribution in [-0.4, -0.2) is 62.2 Å². The molecule has 1 aliphatic heterocycles. The van der Waals surface area contributed by atoms with Crippen molar-refractivity contribution in [2.45, 2.75) is 48.6 Å². The largest absolute Gasteiger partial charge is 0.491 e. The smallest absolute Gasteiger partial charge is 0.323 e. The van der Waals surface area contributed by atoms with E-state index < -0.39 is 25.8 Å². The van der Waals surface area contributed by atoms with Gasteiger partial charge in [-0.2, -0.15) is 4.31 Å². The third-order valence-electron chi connectivity index (χ3n) is 6.04. The highest BCUT2D eigenvalue weighted by atomic mass is 32.2. The maximum Gasteiger partial charge on any atom is 0.323 e. The summed E-state index contributed by atoms with van der Waals surface area (Å²) < 4.78 is 59.1. The Bertz CT molecular complexity index is 1470. The van der Waals surface area contributed by atoms with Crippen LogP contribution in [0, 0.1) is 0 Å². The number of hydrogen-bond acceptors (Lipinski definition) is 6. The molecule has 1 aromatic heterocycles. The third-order valence-corrected chi connectivity index (χ3v) is 9.03. The summed E-state index contributed by atoms with van der Waals surface area (Å²) in [7, 11) is -7.19. The molecule has 1 atom stereocenters. The average Bonchev–Trinajstić information content (AvgIpc) is 3.38. The Morgan fingerprint density at radius 2 is 1.74 bits per heavy atom. The highest BCUT2D eigenvalue weighted by molar-refractivity contribution is 7.90. The van der Waals surface area contributed by atoms with Gasteiger partial charge in [-0.25, -0.2) is 16.8 Å². The van der Waals surface area contributed by atoms with Gasteiger partial charge in [-0.05, 0) is 62.2 Å². The molecule has 0 bridgehead atoms. The van der Waals surface area contributed by atoms with E-state index in [1.165, 1.54) is 33.1 Å². The number of nitrogens with zero attached hydrogens (tertiary/aromatic N) is 2. The van der Waals surface area contributed by atoms with Gasteiger partial charge in [0.1, 0.15) is 12.3 Å². The fourth-order valence-electron chi connectivity index (χ4n) is 4.44. The number of fused-ring (bicyclic) bond motifs is 1. The first-order chi connectivity index (χ1) is 16.4. The first kappa shape index (κ1) is 25.2. The van der Waals surface area contributed by atoms with E-state index in [2.05, 4.69) is 0 Å². The van der Waals surface area contributed by atoms with E-state index in [-0.39, 0.29) is 34.9 Å². The van der Waals surface area contributed by atoms with Gasteiger partial charge in [0.05, 0.1) is 21.4 Å². The molecule has 9 nitrogen and oxygen atoms in total. The second-order valence-electron chi connectivity index (χ2n) is 9.04. The van der Waals surface area contributed by atoms with Crippen LogP contribution in [0.4, 0.5) is 0 Å². The summed E-state index contributed by atoms with van der Waals surface area (Å²) in [5.41, 5.74) is 1.30. The number of sulfone groups is 1. The van der Waals surface area contributed by atoms with Crippen LogP contribution in [0.25, 0.3) is 10.9 Å². The Balaban J connectivity index is 1.64. The lowest BCUT2D eigenvalue weighted by atomic mass is 9.98. The second-order valence-corrected chi connectivity index (χ2v) is 13.0. The van der Waals surface area contributed by atoms with Crippen molar-refractivity contribution in [1.29, 1.82) is 0 Å². The molecule has 1 unspecified atom stereocenters. The molecule has 0 spiro atoms. The minimum atomic E-state index is -3.72. The maximum atomic E-state index is 13.2. The van der Waals surface area contributed by atoms with Crippen molar-refractivity contribution in [3.05, 3.63) is 54.2 Å². The lowest BCUT2D eigenvalue weighted by molar-refractivity contribution is -0.137. The standard InChI is InChI=1S/C24H28N2O7S2/c1-16(2)33-18-4-6-19(7-5-18)35(31,32)26-11-10-17(13-26)22-14-25(15-24(27)28)23-12-20(34(3,29)30)8-9-21(22)23/h4-9,12,14,16-17H,10-11,13,15H2,1-3H3,(H,27,28). The first-order valence-electron chi connectivity index (χ1n) is 11.2. The predicted molar refractivity (Wildman–Crippen MR) is 131 cm³/mol. The molecule has 0 saturated carbocycles. The predicted octanol–water partition coefficient (Wildman–Crippen LogP) is 3.09. The van der Waals surface area contributed by atoms with E-state index >= 15 is 0 Å². The van der Waals surface area contributed by atoms with Crippen molar-refractivity contribution in [2.75, 3.05) is 19.3 Å². The number of aromatic nitrogens is 1. The van der Waals surface area contributed by atoms with Crippen LogP contribution in [0.2, 0.25) is 0 Å². The van der Waals surface area contributed by atoms with Gasteiger partial charge < -0.3 is 14.4 Å². The van der Waals surface area contributed by atoms with Crippen LogP contribution < -0.4 is 4.74 Å². The lowest BCUT2D eigenvalue weighted by Gasteiger charge is -2.17. The van der Waals surface area contributed by atoms with Gasteiger partial charge in [0.25, 0.3) is 0 Å². The van der Waals surface area contributed by atoms with Gasteiger partial charge >= 0.3 is 5.97 Å². The van der Waals surface area contributed by atoms with E-state index in [1.807, 2.05) is 13.8 Å². The third kappa shape index (κ3) is 5.21. The molecule has 2 heterocycles. The van der Waals surface area contributed by atoms with Gasteiger partial charge in [-0.15, -0.1) is 0 Å². The summed E-state index contributed by atoms with van der Waals surface area (Å²) in [5, 5.41) is 10.1. The molecule has 11 heteroatoms. The Morgan fingerprint density at radius 3 is 2.34 bits per heavy atom. The normalized spacial score (nSPS) is 17.3. The van der Waals surface area contributed by atoms with E-state index in [4.69, 9.17) is 4.74 Å². The summed E-state index contributed by atoms with van der Waals surface area (Å²) in [4.78, 5) is 11.7. The molecule has 1 saturated heterocycles. The number of ether oxygens (including phenoxy) is 1. The van der Waals surface area contributed by atoms with E-state index in [0.29, 0.717) is 24.2 Å². The molecule has 1 fully saturated rings. The number of benzene rings is 2. The van der Waals surface area contributed by atoms with Crippen LogP contribution in [0.1, 0.15) is 31.7 Å². The zero-order valence-corrected chi connectivity index (χ0v) is 21.3. The molecule has 1 aliphatic rings. The number of aliphatic carboxylic acids is 1. The summed E-state index contributed by atoms with van der Waals surface area (Å²) in [6, 6.07) is 11.0. The monoisotopic (exact) mass is 520 g/mol. The number of sulfonamides is 1. The van der Waals surface area contributed by atoms with Crippen molar-refractivity contribution in [3.63, 3.8) is 0 Å². The van der Waals surface area contributed by atoms with Gasteiger partial charge in [0, 0.05) is 36.8 Å². The summed E-state index contributed by atoms with van der Waals surface area (Å²) in [6.45, 7) is 4.02. The number of carboxylic acid groups (broad SMARTS) is 1. The Kier molecular flexibility index (Phi) is 6.69. The van der Waals surface area contributed by atoms with Gasteiger partial charge in [-0.3, -0.25) is 4.79 Å². The van der Waals surface area contributed by atoms with Crippen molar-refractivity contribution in [1.82, 2.24) is 8.87 Å². The summed E-state index contributed by atoms with van der Waals surface area (Å²) in [5.74, 6) is -0.619. The number of rotatable bonds is 8. The molecule has 188 valence electrons. The van der Waals surface area contributed by atoms with Gasteiger partial charge in [0.2, 0.25) is 10.0 Å². The Hall–Kier alpha value is -2.89. The van der Waals surface area contributed by atoms with Crippen LogP contribution in [0.3, 0.4) is 0 Å². The lowest BCUT2D eigenvalue weighted by Crippen LogP contribution is -2.28. The van der Waals surface area contributed by atoms with Crippen molar-refractivity contribution in [3.8, 4) is 5.75 Å². The van der Waals surface area contributed by atoms with Crippen molar-refractivity contribution in [2.24, 2.45) is 0 Å². The molecule has 3 aromatic rings. The molecule has 2 aromatic carbocycles. The van der Waals surface area contributed by atoms with E-state index in [9.17, 15) is 26.7 Å². The molecule has 0 radical (unpaired) electrons. The molecule has 0 amide bonds. The molecular weight excluding hydrogens is 492 g/mol. The zero-order chi connectivity index (χ0) is 25.5. The fourth-order valence-corrected chi connectivity index (χ4v) is 6.59. The van der Waals surface area contributed by atoms with E-state index in [0.717, 1.165) is 17.2 Å². The summed E-state index contributed by atoms with van der Waals surface area (Å²) in [6.07, 6.45) is 3.34. The quantitative estimate of drug-likeness (QED) is 0.484. The highest BCUT2D eigenvalue weighted by Gasteiger charge is 2.34. The number of carboxylic acids is 1. The fraction of sp³-hybridized carbons (Fsp3) is 0.375. The highest BCUT2D eigenvalue weighted by Crippen LogP contribution is 2.37. The van der Waals surface area contributed by atoms with Gasteiger partial charge in [-0.1, -0.05) is 6.07 Å².